The first-order valence-corrected chi connectivity index (χ1v) is 8.26. The van der Waals surface area contributed by atoms with Crippen molar-refractivity contribution in [3.05, 3.63) is 44.6 Å². The van der Waals surface area contributed by atoms with Crippen molar-refractivity contribution in [3.8, 4) is 11.5 Å². The third-order valence-electron chi connectivity index (χ3n) is 3.29. The molecule has 2 heterocycles. The Labute approximate surface area is 131 Å². The van der Waals surface area contributed by atoms with Gasteiger partial charge in [0.25, 0.3) is 0 Å². The van der Waals surface area contributed by atoms with Crippen molar-refractivity contribution in [1.29, 1.82) is 0 Å². The normalized spacial score (nSPS) is 15.1. The molecule has 2 aromatic rings. The lowest BCUT2D eigenvalue weighted by molar-refractivity contribution is 0.171. The van der Waals surface area contributed by atoms with Crippen molar-refractivity contribution in [1.82, 2.24) is 5.32 Å². The summed E-state index contributed by atoms with van der Waals surface area (Å²) >= 11 is 5.39. The first-order valence-electron chi connectivity index (χ1n) is 6.59. The Balaban J connectivity index is 1.75. The zero-order chi connectivity index (χ0) is 13.9. The Hall–Kier alpha value is -1.04. The molecule has 0 saturated heterocycles. The summed E-state index contributed by atoms with van der Waals surface area (Å²) in [5.74, 6) is 1.65. The molecule has 5 heteroatoms. The predicted octanol–water partition coefficient (Wildman–Crippen LogP) is 4.13. The van der Waals surface area contributed by atoms with Crippen LogP contribution in [-0.4, -0.2) is 13.2 Å². The van der Waals surface area contributed by atoms with Crippen molar-refractivity contribution >= 4 is 27.3 Å². The summed E-state index contributed by atoms with van der Waals surface area (Å²) in [6, 6.07) is 8.51. The monoisotopic (exact) mass is 353 g/mol. The van der Waals surface area contributed by atoms with Gasteiger partial charge in [0.1, 0.15) is 13.2 Å². The van der Waals surface area contributed by atoms with Crippen LogP contribution in [0.3, 0.4) is 0 Å². The van der Waals surface area contributed by atoms with E-state index in [0.717, 1.165) is 22.5 Å². The van der Waals surface area contributed by atoms with Crippen LogP contribution < -0.4 is 14.8 Å². The second-order valence-electron chi connectivity index (χ2n) is 4.70. The lowest BCUT2D eigenvalue weighted by Crippen LogP contribution is -2.19. The SMILES string of the molecule is CC(NCc1cccs1)c1cc2c(cc1Br)OCCO2. The average molecular weight is 354 g/mol. The van der Waals surface area contributed by atoms with Crippen molar-refractivity contribution in [3.63, 3.8) is 0 Å². The fraction of sp³-hybridized carbons (Fsp3) is 0.333. The van der Waals surface area contributed by atoms with Crippen molar-refractivity contribution in [2.24, 2.45) is 0 Å². The molecule has 1 aromatic heterocycles. The third-order valence-corrected chi connectivity index (χ3v) is 4.85. The first kappa shape index (κ1) is 13.9. The number of benzene rings is 1. The molecule has 0 bridgehead atoms. The molecule has 0 saturated carbocycles. The maximum Gasteiger partial charge on any atom is 0.162 e. The quantitative estimate of drug-likeness (QED) is 0.896. The molecular formula is C15H16BrNO2S. The summed E-state index contributed by atoms with van der Waals surface area (Å²) in [5.41, 5.74) is 1.19. The molecule has 0 amide bonds. The predicted molar refractivity (Wildman–Crippen MR) is 84.7 cm³/mol. The molecule has 1 aliphatic rings. The van der Waals surface area contributed by atoms with E-state index in [1.807, 2.05) is 6.07 Å². The number of nitrogens with one attached hydrogen (secondary N) is 1. The van der Waals surface area contributed by atoms with Gasteiger partial charge in [-0.3, -0.25) is 0 Å². The minimum atomic E-state index is 0.238. The van der Waals surface area contributed by atoms with Crippen LogP contribution in [0.25, 0.3) is 0 Å². The fourth-order valence-electron chi connectivity index (χ4n) is 2.19. The molecule has 3 rings (SSSR count). The minimum Gasteiger partial charge on any atom is -0.486 e. The summed E-state index contributed by atoms with van der Waals surface area (Å²) in [5, 5.41) is 5.63. The van der Waals surface area contributed by atoms with E-state index in [1.165, 1.54) is 10.4 Å². The van der Waals surface area contributed by atoms with E-state index in [1.54, 1.807) is 11.3 Å². The lowest BCUT2D eigenvalue weighted by Gasteiger charge is -2.22. The minimum absolute atomic E-state index is 0.238. The molecule has 1 unspecified atom stereocenters. The molecule has 3 nitrogen and oxygen atoms in total. The topological polar surface area (TPSA) is 30.5 Å². The molecular weight excluding hydrogens is 338 g/mol. The highest BCUT2D eigenvalue weighted by Crippen LogP contribution is 2.37. The maximum atomic E-state index is 5.65. The largest absolute Gasteiger partial charge is 0.486 e. The van der Waals surface area contributed by atoms with Crippen LogP contribution in [0, 0.1) is 0 Å². The molecule has 0 spiro atoms. The van der Waals surface area contributed by atoms with E-state index in [4.69, 9.17) is 9.47 Å². The average Bonchev–Trinajstić information content (AvgIpc) is 2.97. The second-order valence-corrected chi connectivity index (χ2v) is 6.59. The molecule has 0 radical (unpaired) electrons. The third kappa shape index (κ3) is 3.00. The second kappa shape index (κ2) is 6.16. The summed E-state index contributed by atoms with van der Waals surface area (Å²) in [6.45, 7) is 4.26. The molecule has 0 fully saturated rings. The van der Waals surface area contributed by atoms with E-state index < -0.39 is 0 Å². The Bertz CT molecular complexity index is 586. The first-order chi connectivity index (χ1) is 9.74. The van der Waals surface area contributed by atoms with E-state index in [-0.39, 0.29) is 6.04 Å². The number of hydrogen-bond acceptors (Lipinski definition) is 4. The van der Waals surface area contributed by atoms with Crippen LogP contribution in [0.4, 0.5) is 0 Å². The fourth-order valence-corrected chi connectivity index (χ4v) is 3.51. The number of rotatable bonds is 4. The molecule has 1 aliphatic heterocycles. The van der Waals surface area contributed by atoms with Crippen LogP contribution in [0.2, 0.25) is 0 Å². The van der Waals surface area contributed by atoms with Gasteiger partial charge in [0.05, 0.1) is 0 Å². The van der Waals surface area contributed by atoms with Crippen LogP contribution in [0.15, 0.2) is 34.1 Å². The molecule has 1 N–H and O–H groups in total. The van der Waals surface area contributed by atoms with Gasteiger partial charge in [-0.05, 0) is 36.1 Å². The molecule has 106 valence electrons. The summed E-state index contributed by atoms with van der Waals surface area (Å²) < 4.78 is 12.3. The van der Waals surface area contributed by atoms with Crippen LogP contribution in [-0.2, 0) is 6.54 Å². The Kier molecular flexibility index (Phi) is 4.29. The summed E-state index contributed by atoms with van der Waals surface area (Å²) in [4.78, 5) is 1.34. The van der Waals surface area contributed by atoms with Gasteiger partial charge >= 0.3 is 0 Å². The number of thiophene rings is 1. The number of hydrogen-bond donors (Lipinski definition) is 1. The van der Waals surface area contributed by atoms with Gasteiger partial charge in [-0.1, -0.05) is 22.0 Å². The summed E-state index contributed by atoms with van der Waals surface area (Å²) in [7, 11) is 0. The number of halogens is 1. The Morgan fingerprint density at radius 2 is 2.05 bits per heavy atom. The van der Waals surface area contributed by atoms with Crippen LogP contribution >= 0.6 is 27.3 Å². The van der Waals surface area contributed by atoms with Gasteiger partial charge in [0.15, 0.2) is 11.5 Å². The van der Waals surface area contributed by atoms with Gasteiger partial charge in [0.2, 0.25) is 0 Å². The van der Waals surface area contributed by atoms with Crippen LogP contribution in [0.1, 0.15) is 23.4 Å². The van der Waals surface area contributed by atoms with Gasteiger partial charge in [-0.25, -0.2) is 0 Å². The van der Waals surface area contributed by atoms with Gasteiger partial charge in [-0.2, -0.15) is 0 Å². The highest BCUT2D eigenvalue weighted by molar-refractivity contribution is 9.10. The van der Waals surface area contributed by atoms with Crippen LogP contribution in [0.5, 0.6) is 11.5 Å². The smallest absolute Gasteiger partial charge is 0.162 e. The van der Waals surface area contributed by atoms with E-state index in [9.17, 15) is 0 Å². The molecule has 0 aliphatic carbocycles. The van der Waals surface area contributed by atoms with Crippen molar-refractivity contribution in [2.75, 3.05) is 13.2 Å². The van der Waals surface area contributed by atoms with E-state index >= 15 is 0 Å². The standard InChI is InChI=1S/C15H16BrNO2S/c1-10(17-9-11-3-2-6-20-11)12-7-14-15(8-13(12)16)19-5-4-18-14/h2-3,6-8,10,17H,4-5,9H2,1H3. The molecule has 1 atom stereocenters. The zero-order valence-corrected chi connectivity index (χ0v) is 13.6. The van der Waals surface area contributed by atoms with E-state index in [0.29, 0.717) is 13.2 Å². The molecule has 20 heavy (non-hydrogen) atoms. The highest BCUT2D eigenvalue weighted by atomic mass is 79.9. The van der Waals surface area contributed by atoms with Crippen molar-refractivity contribution in [2.45, 2.75) is 19.5 Å². The van der Waals surface area contributed by atoms with Crippen molar-refractivity contribution < 1.29 is 9.47 Å². The molecule has 1 aromatic carbocycles. The zero-order valence-electron chi connectivity index (χ0n) is 11.2. The Morgan fingerprint density at radius 1 is 1.30 bits per heavy atom. The summed E-state index contributed by atoms with van der Waals surface area (Å²) in [6.07, 6.45) is 0. The van der Waals surface area contributed by atoms with E-state index in [2.05, 4.69) is 51.7 Å². The number of fused-ring (bicyclic) bond motifs is 1. The number of ether oxygens (including phenoxy) is 2. The Morgan fingerprint density at radius 3 is 2.75 bits per heavy atom. The maximum absolute atomic E-state index is 5.65. The van der Waals surface area contributed by atoms with Gasteiger partial charge < -0.3 is 14.8 Å². The highest BCUT2D eigenvalue weighted by Gasteiger charge is 2.17. The lowest BCUT2D eigenvalue weighted by atomic mass is 10.1. The van der Waals surface area contributed by atoms with Gasteiger partial charge in [-0.15, -0.1) is 11.3 Å². The van der Waals surface area contributed by atoms with Gasteiger partial charge in [0, 0.05) is 21.9 Å².